The van der Waals surface area contributed by atoms with Gasteiger partial charge < -0.3 is 0 Å². The number of hydrogen-bond donors (Lipinski definition) is 0. The molecule has 1 aromatic carbocycles. The van der Waals surface area contributed by atoms with Crippen LogP contribution in [0.3, 0.4) is 0 Å². The average molecular weight is 366 g/mol. The normalized spacial score (nSPS) is 24.4. The van der Waals surface area contributed by atoms with Crippen molar-refractivity contribution >= 4 is 10.1 Å². The van der Waals surface area contributed by atoms with Crippen LogP contribution < -0.4 is 0 Å². The number of nitrogens with zero attached hydrogens (tertiary/aromatic N) is 1. The van der Waals surface area contributed by atoms with Gasteiger partial charge in [0.05, 0.1) is 11.5 Å². The van der Waals surface area contributed by atoms with E-state index in [1.807, 2.05) is 19.1 Å². The van der Waals surface area contributed by atoms with E-state index in [4.69, 9.17) is 4.18 Å². The van der Waals surface area contributed by atoms with Crippen molar-refractivity contribution in [3.05, 3.63) is 29.3 Å². The summed E-state index contributed by atoms with van der Waals surface area (Å²) < 4.78 is 31.2. The smallest absolute Gasteiger partial charge is 0.295 e. The van der Waals surface area contributed by atoms with Gasteiger partial charge in [-0.2, -0.15) is 8.42 Å². The van der Waals surface area contributed by atoms with Gasteiger partial charge in [-0.15, -0.1) is 0 Å². The summed E-state index contributed by atoms with van der Waals surface area (Å²) in [7, 11) is -3.69. The van der Waals surface area contributed by atoms with Crippen LogP contribution in [0.15, 0.2) is 23.1 Å². The van der Waals surface area contributed by atoms with Crippen molar-refractivity contribution in [3.8, 4) is 0 Å². The van der Waals surface area contributed by atoms with E-state index >= 15 is 0 Å². The fourth-order valence-electron chi connectivity index (χ4n) is 4.33. The molecule has 140 valence electrons. The van der Waals surface area contributed by atoms with Gasteiger partial charge in [0.1, 0.15) is 0 Å². The average Bonchev–Trinajstić information content (AvgIpc) is 3.07. The minimum atomic E-state index is -3.69. The summed E-state index contributed by atoms with van der Waals surface area (Å²) in [5.74, 6) is 0. The van der Waals surface area contributed by atoms with Crippen molar-refractivity contribution in [2.24, 2.45) is 0 Å². The number of fused-ring (bicyclic) bond motifs is 1. The third kappa shape index (κ3) is 4.44. The third-order valence-corrected chi connectivity index (χ3v) is 7.05. The zero-order chi connectivity index (χ0) is 17.9. The van der Waals surface area contributed by atoms with Gasteiger partial charge in [-0.3, -0.25) is 9.08 Å². The van der Waals surface area contributed by atoms with Crippen LogP contribution in [0.1, 0.15) is 63.0 Å². The van der Waals surface area contributed by atoms with Gasteiger partial charge in [-0.05, 0) is 63.6 Å². The van der Waals surface area contributed by atoms with E-state index < -0.39 is 10.1 Å². The molecule has 1 aromatic rings. The fourth-order valence-corrected chi connectivity index (χ4v) is 5.51. The third-order valence-electron chi connectivity index (χ3n) is 5.67. The molecule has 3 rings (SSSR count). The maximum Gasteiger partial charge on any atom is 0.297 e. The maximum atomic E-state index is 12.8. The van der Waals surface area contributed by atoms with Crippen molar-refractivity contribution in [3.63, 3.8) is 0 Å². The van der Waals surface area contributed by atoms with Crippen molar-refractivity contribution < 1.29 is 12.6 Å². The summed E-state index contributed by atoms with van der Waals surface area (Å²) in [6, 6.07) is 6.46. The van der Waals surface area contributed by atoms with Crippen LogP contribution in [0.2, 0.25) is 0 Å². The minimum absolute atomic E-state index is 0.251. The van der Waals surface area contributed by atoms with E-state index in [9.17, 15) is 8.42 Å². The van der Waals surface area contributed by atoms with Crippen LogP contribution in [0.4, 0.5) is 0 Å². The zero-order valence-corrected chi connectivity index (χ0v) is 16.4. The highest BCUT2D eigenvalue weighted by Gasteiger charge is 2.35. The summed E-state index contributed by atoms with van der Waals surface area (Å²) in [5.41, 5.74) is 1.99. The lowest BCUT2D eigenvalue weighted by molar-refractivity contribution is 0.0840. The van der Waals surface area contributed by atoms with Crippen LogP contribution in [0.25, 0.3) is 0 Å². The number of hydrogen-bond acceptors (Lipinski definition) is 4. The first-order valence-electron chi connectivity index (χ1n) is 9.76. The van der Waals surface area contributed by atoms with Crippen molar-refractivity contribution in [1.29, 1.82) is 0 Å². The molecule has 0 bridgehead atoms. The van der Waals surface area contributed by atoms with E-state index in [1.165, 1.54) is 25.7 Å². The zero-order valence-electron chi connectivity index (χ0n) is 15.5. The Labute approximate surface area is 152 Å². The molecule has 5 heteroatoms. The molecule has 0 saturated carbocycles. The van der Waals surface area contributed by atoms with Crippen LogP contribution in [0, 0.1) is 6.92 Å². The molecule has 0 aromatic heterocycles. The Morgan fingerprint density at radius 3 is 2.80 bits per heavy atom. The molecule has 0 aliphatic carbocycles. The fraction of sp³-hybridized carbons (Fsp3) is 0.700. The van der Waals surface area contributed by atoms with Gasteiger partial charge in [-0.1, -0.05) is 37.5 Å². The Morgan fingerprint density at radius 2 is 2.00 bits per heavy atom. The second-order valence-corrected chi connectivity index (χ2v) is 9.16. The lowest BCUT2D eigenvalue weighted by Gasteiger charge is -2.37. The molecule has 0 amide bonds. The standard InChI is InChI=1S/C20H31NO3S/c1-3-4-7-17-14-16(2)11-12-20(17)25(22,23)24-15-19-9-5-8-18-10-6-13-21(18)19/h11-12,14,18-19H,3-10,13,15H2,1-2H3/t18-,19+/m1/s1. The van der Waals surface area contributed by atoms with Crippen LogP contribution in [-0.2, 0) is 20.7 Å². The molecule has 2 fully saturated rings. The number of benzene rings is 1. The Balaban J connectivity index is 1.71. The highest BCUT2D eigenvalue weighted by atomic mass is 32.2. The topological polar surface area (TPSA) is 46.6 Å². The van der Waals surface area contributed by atoms with E-state index in [-0.39, 0.29) is 6.04 Å². The molecular formula is C20H31NO3S. The van der Waals surface area contributed by atoms with Crippen molar-refractivity contribution in [2.45, 2.75) is 82.2 Å². The van der Waals surface area contributed by atoms with Gasteiger partial charge >= 0.3 is 0 Å². The number of rotatable bonds is 7. The molecule has 2 aliphatic rings. The Morgan fingerprint density at radius 1 is 1.20 bits per heavy atom. The molecule has 2 atom stereocenters. The van der Waals surface area contributed by atoms with Crippen LogP contribution in [-0.4, -0.2) is 38.6 Å². The molecule has 0 N–H and O–H groups in total. The predicted octanol–water partition coefficient (Wildman–Crippen LogP) is 4.06. The van der Waals surface area contributed by atoms with Gasteiger partial charge in [0.25, 0.3) is 10.1 Å². The number of unbranched alkanes of at least 4 members (excludes halogenated alkanes) is 1. The van der Waals surface area contributed by atoms with Gasteiger partial charge in [0.2, 0.25) is 0 Å². The molecule has 0 spiro atoms. The van der Waals surface area contributed by atoms with Crippen molar-refractivity contribution in [1.82, 2.24) is 4.90 Å². The largest absolute Gasteiger partial charge is 0.297 e. The summed E-state index contributed by atoms with van der Waals surface area (Å²) in [4.78, 5) is 2.84. The van der Waals surface area contributed by atoms with Crippen LogP contribution in [0.5, 0.6) is 0 Å². The van der Waals surface area contributed by atoms with E-state index in [0.717, 1.165) is 43.4 Å². The van der Waals surface area contributed by atoms with E-state index in [2.05, 4.69) is 11.8 Å². The Kier molecular flexibility index (Phi) is 6.18. The Bertz CT molecular complexity index is 686. The second kappa shape index (κ2) is 8.19. The second-order valence-electron chi connectivity index (χ2n) is 7.57. The molecule has 25 heavy (non-hydrogen) atoms. The van der Waals surface area contributed by atoms with Crippen molar-refractivity contribution in [2.75, 3.05) is 13.2 Å². The molecule has 2 aliphatic heterocycles. The molecular weight excluding hydrogens is 334 g/mol. The summed E-state index contributed by atoms with van der Waals surface area (Å²) in [6.07, 6.45) is 8.78. The first-order chi connectivity index (χ1) is 12.0. The highest BCUT2D eigenvalue weighted by Crippen LogP contribution is 2.31. The van der Waals surface area contributed by atoms with E-state index in [0.29, 0.717) is 17.5 Å². The lowest BCUT2D eigenvalue weighted by atomic mass is 9.97. The maximum absolute atomic E-state index is 12.8. The predicted molar refractivity (Wildman–Crippen MR) is 100 cm³/mol. The lowest BCUT2D eigenvalue weighted by Crippen LogP contribution is -2.45. The first-order valence-corrected chi connectivity index (χ1v) is 11.2. The Hall–Kier alpha value is -0.910. The highest BCUT2D eigenvalue weighted by molar-refractivity contribution is 7.86. The van der Waals surface area contributed by atoms with E-state index in [1.54, 1.807) is 6.07 Å². The molecule has 4 nitrogen and oxygen atoms in total. The summed E-state index contributed by atoms with van der Waals surface area (Å²) in [5, 5.41) is 0. The number of piperidine rings is 1. The SMILES string of the molecule is CCCCc1cc(C)ccc1S(=O)(=O)OC[C@@H]1CCC[C@@H]2CCCN21. The number of aryl methyl sites for hydroxylation is 2. The molecule has 0 unspecified atom stereocenters. The summed E-state index contributed by atoms with van der Waals surface area (Å²) in [6.45, 7) is 5.50. The monoisotopic (exact) mass is 365 g/mol. The van der Waals surface area contributed by atoms with Gasteiger partial charge in [-0.25, -0.2) is 0 Å². The quantitative estimate of drug-likeness (QED) is 0.684. The minimum Gasteiger partial charge on any atom is -0.295 e. The molecule has 2 heterocycles. The van der Waals surface area contributed by atoms with Crippen LogP contribution >= 0.6 is 0 Å². The molecule has 2 saturated heterocycles. The first kappa shape index (κ1) is 18.9. The summed E-state index contributed by atoms with van der Waals surface area (Å²) >= 11 is 0. The van der Waals surface area contributed by atoms with Gasteiger partial charge in [0, 0.05) is 12.1 Å². The van der Waals surface area contributed by atoms with Gasteiger partial charge in [0.15, 0.2) is 0 Å². The molecule has 0 radical (unpaired) electrons.